The summed E-state index contributed by atoms with van der Waals surface area (Å²) in [6.07, 6.45) is 11.0. The quantitative estimate of drug-likeness (QED) is 0.326. The van der Waals surface area contributed by atoms with Gasteiger partial charge in [-0.15, -0.1) is 0 Å². The van der Waals surface area contributed by atoms with Crippen LogP contribution in [0.3, 0.4) is 0 Å². The molecule has 2 unspecified atom stereocenters. The summed E-state index contributed by atoms with van der Waals surface area (Å²) in [4.78, 5) is 29.1. The van der Waals surface area contributed by atoms with Crippen LogP contribution in [0.1, 0.15) is 49.8 Å². The van der Waals surface area contributed by atoms with E-state index in [4.69, 9.17) is 14.4 Å². The minimum absolute atomic E-state index is 0.181. The fourth-order valence-corrected chi connectivity index (χ4v) is 6.73. The van der Waals surface area contributed by atoms with Crippen LogP contribution in [0.15, 0.2) is 35.0 Å². The maximum Gasteiger partial charge on any atom is 0.308 e. The molecule has 4 heterocycles. The van der Waals surface area contributed by atoms with E-state index in [2.05, 4.69) is 21.4 Å². The summed E-state index contributed by atoms with van der Waals surface area (Å²) in [6.45, 7) is 0. The van der Waals surface area contributed by atoms with E-state index in [9.17, 15) is 14.3 Å². The van der Waals surface area contributed by atoms with Crippen LogP contribution >= 0.6 is 0 Å². The van der Waals surface area contributed by atoms with Crippen molar-refractivity contribution in [3.8, 4) is 22.8 Å². The van der Waals surface area contributed by atoms with Crippen LogP contribution in [0.5, 0.6) is 0 Å². The zero-order chi connectivity index (χ0) is 25.1. The summed E-state index contributed by atoms with van der Waals surface area (Å²) in [5, 5.41) is 14.1. The summed E-state index contributed by atoms with van der Waals surface area (Å²) in [5.41, 5.74) is 3.00. The Labute approximate surface area is 212 Å². The maximum absolute atomic E-state index is 14.1. The van der Waals surface area contributed by atoms with Crippen LogP contribution in [-0.2, 0) is 17.6 Å². The number of halogens is 1. The molecule has 3 saturated carbocycles. The van der Waals surface area contributed by atoms with Crippen molar-refractivity contribution in [1.29, 1.82) is 0 Å². The normalized spacial score (nSPS) is 24.8. The van der Waals surface area contributed by atoms with E-state index in [1.165, 1.54) is 17.8 Å². The summed E-state index contributed by atoms with van der Waals surface area (Å²) >= 11 is 0. The molecule has 3 fully saturated rings. The van der Waals surface area contributed by atoms with Crippen molar-refractivity contribution in [1.82, 2.24) is 19.9 Å². The van der Waals surface area contributed by atoms with Crippen LogP contribution in [0.4, 0.5) is 10.2 Å². The monoisotopic (exact) mass is 501 g/mol. The number of furan rings is 1. The molecule has 4 aliphatic rings. The number of carbonyl (C=O) groups is 1. The molecule has 2 bridgehead atoms. The van der Waals surface area contributed by atoms with Gasteiger partial charge in [0.15, 0.2) is 11.6 Å². The van der Waals surface area contributed by atoms with Crippen LogP contribution in [0.2, 0.25) is 0 Å². The molecule has 0 saturated heterocycles. The second-order valence-electron chi connectivity index (χ2n) is 10.7. The molecular weight excluding hydrogens is 473 g/mol. The van der Waals surface area contributed by atoms with E-state index in [0.717, 1.165) is 57.1 Å². The molecule has 0 spiro atoms. The Morgan fingerprint density at radius 3 is 2.70 bits per heavy atom. The van der Waals surface area contributed by atoms with Crippen molar-refractivity contribution in [2.24, 2.45) is 17.8 Å². The van der Waals surface area contributed by atoms with Gasteiger partial charge in [0.2, 0.25) is 0 Å². The average Bonchev–Trinajstić information content (AvgIpc) is 3.53. The number of aromatic nitrogens is 4. The highest BCUT2D eigenvalue weighted by molar-refractivity contribution is 5.92. The van der Waals surface area contributed by atoms with Gasteiger partial charge in [0.05, 0.1) is 12.1 Å². The van der Waals surface area contributed by atoms with E-state index in [1.54, 1.807) is 6.20 Å². The third kappa shape index (κ3) is 3.88. The molecule has 0 radical (unpaired) electrons. The van der Waals surface area contributed by atoms with Crippen molar-refractivity contribution < 1.29 is 18.7 Å². The van der Waals surface area contributed by atoms with Gasteiger partial charge in [-0.25, -0.2) is 19.3 Å². The predicted molar refractivity (Wildman–Crippen MR) is 135 cm³/mol. The Bertz CT molecular complexity index is 1480. The second-order valence-corrected chi connectivity index (χ2v) is 10.7. The molecule has 8 nitrogen and oxygen atoms in total. The molecule has 9 heteroatoms. The number of rotatable bonds is 5. The van der Waals surface area contributed by atoms with Crippen LogP contribution in [0.25, 0.3) is 33.9 Å². The average molecular weight is 502 g/mol. The number of hydrogen-bond acceptors (Lipinski definition) is 6. The van der Waals surface area contributed by atoms with Crippen LogP contribution in [0, 0.1) is 23.6 Å². The van der Waals surface area contributed by atoms with Gasteiger partial charge in [-0.3, -0.25) is 4.79 Å². The Kier molecular flexibility index (Phi) is 5.26. The van der Waals surface area contributed by atoms with Gasteiger partial charge < -0.3 is 19.8 Å². The number of aryl methyl sites for hydroxylation is 2. The lowest BCUT2D eigenvalue weighted by Crippen LogP contribution is -2.51. The van der Waals surface area contributed by atoms with E-state index in [0.29, 0.717) is 39.7 Å². The lowest BCUT2D eigenvalue weighted by atomic mass is 9.61. The molecular formula is C28H28FN5O3. The first-order chi connectivity index (χ1) is 18.0. The molecule has 4 aromatic heterocycles. The lowest BCUT2D eigenvalue weighted by molar-refractivity contribution is -0.148. The van der Waals surface area contributed by atoms with Crippen LogP contribution < -0.4 is 5.32 Å². The minimum Gasteiger partial charge on any atom is -0.481 e. The molecule has 0 aliphatic heterocycles. The number of nitrogens with zero attached hydrogens (tertiary/aromatic N) is 3. The predicted octanol–water partition coefficient (Wildman–Crippen LogP) is 5.60. The van der Waals surface area contributed by atoms with Crippen molar-refractivity contribution in [3.63, 3.8) is 0 Å². The minimum atomic E-state index is -0.752. The van der Waals surface area contributed by atoms with Gasteiger partial charge in [0.1, 0.15) is 28.7 Å². The van der Waals surface area contributed by atoms with Gasteiger partial charge in [0, 0.05) is 35.7 Å². The van der Waals surface area contributed by atoms with Gasteiger partial charge in [0.25, 0.3) is 0 Å². The highest BCUT2D eigenvalue weighted by Crippen LogP contribution is 2.46. The third-order valence-electron chi connectivity index (χ3n) is 8.53. The number of hydrogen-bond donors (Lipinski definition) is 3. The van der Waals surface area contributed by atoms with Crippen molar-refractivity contribution >= 4 is 22.8 Å². The molecule has 4 aromatic rings. The second kappa shape index (κ2) is 8.68. The van der Waals surface area contributed by atoms with E-state index in [-0.39, 0.29) is 17.9 Å². The molecule has 3 N–H and O–H groups in total. The molecule has 37 heavy (non-hydrogen) atoms. The van der Waals surface area contributed by atoms with E-state index >= 15 is 0 Å². The van der Waals surface area contributed by atoms with Crippen LogP contribution in [-0.4, -0.2) is 37.1 Å². The summed E-state index contributed by atoms with van der Waals surface area (Å²) in [7, 11) is 0. The topological polar surface area (TPSA) is 117 Å². The molecule has 4 aliphatic carbocycles. The Balaban J connectivity index is 1.34. The number of anilines is 1. The molecule has 190 valence electrons. The third-order valence-corrected chi connectivity index (χ3v) is 8.53. The zero-order valence-corrected chi connectivity index (χ0v) is 20.3. The summed E-state index contributed by atoms with van der Waals surface area (Å²) < 4.78 is 20.3. The largest absolute Gasteiger partial charge is 0.481 e. The van der Waals surface area contributed by atoms with Gasteiger partial charge in [-0.1, -0.05) is 0 Å². The molecule has 2 atom stereocenters. The highest BCUT2D eigenvalue weighted by Gasteiger charge is 2.47. The van der Waals surface area contributed by atoms with E-state index in [1.807, 2.05) is 6.07 Å². The maximum atomic E-state index is 14.1. The van der Waals surface area contributed by atoms with E-state index < -0.39 is 17.7 Å². The fourth-order valence-electron chi connectivity index (χ4n) is 6.73. The number of fused-ring (bicyclic) bond motifs is 5. The Morgan fingerprint density at radius 1 is 1.08 bits per heavy atom. The first-order valence-electron chi connectivity index (χ1n) is 13.2. The number of nitrogens with one attached hydrogen (secondary N) is 2. The number of carboxylic acid groups (broad SMARTS) is 1. The van der Waals surface area contributed by atoms with Gasteiger partial charge in [-0.2, -0.15) is 0 Å². The Hall–Kier alpha value is -3.75. The molecule has 0 amide bonds. The molecule has 0 aromatic carbocycles. The zero-order valence-electron chi connectivity index (χ0n) is 20.3. The SMILES string of the molecule is O=C(O)C1C2CCC(CC2)C1Nc1cc(-c2cc3c(o2)CCCC3)nc(-c2c[nH]c3ncc(F)cc23)n1. The smallest absolute Gasteiger partial charge is 0.308 e. The number of H-pyrrole nitrogens is 1. The number of carboxylic acids is 1. The van der Waals surface area contributed by atoms with Gasteiger partial charge in [-0.05, 0) is 74.5 Å². The van der Waals surface area contributed by atoms with Gasteiger partial charge >= 0.3 is 5.97 Å². The van der Waals surface area contributed by atoms with Crippen molar-refractivity contribution in [2.75, 3.05) is 5.32 Å². The summed E-state index contributed by atoms with van der Waals surface area (Å²) in [5.74, 6) is 1.46. The first-order valence-corrected chi connectivity index (χ1v) is 13.2. The number of aliphatic carboxylic acids is 1. The van der Waals surface area contributed by atoms with Crippen molar-refractivity contribution in [2.45, 2.75) is 57.4 Å². The number of aromatic amines is 1. The van der Waals surface area contributed by atoms with Crippen molar-refractivity contribution in [3.05, 3.63) is 47.7 Å². The lowest BCUT2D eigenvalue weighted by Gasteiger charge is -2.47. The first kappa shape index (κ1) is 22.4. The number of pyridine rings is 1. The summed E-state index contributed by atoms with van der Waals surface area (Å²) in [6, 6.07) is 5.13. The highest BCUT2D eigenvalue weighted by atomic mass is 19.1. The standard InChI is InChI=1S/C28H28FN5O3/c29-17-10-18-19(13-31-26(18)30-12-17)27-32-20(22-9-16-3-1-2-4-21(16)37-22)11-23(34-27)33-25-15-7-5-14(6-8-15)24(25)28(35)36/h9-15,24-25H,1-8H2,(H,30,31)(H,35,36)(H,32,33,34). The Morgan fingerprint density at radius 2 is 1.89 bits per heavy atom. The fraction of sp³-hybridized carbons (Fsp3) is 0.429. The molecule has 8 rings (SSSR count).